The summed E-state index contributed by atoms with van der Waals surface area (Å²) in [5.41, 5.74) is 0. The van der Waals surface area contributed by atoms with Crippen LogP contribution in [0.3, 0.4) is 0 Å². The van der Waals surface area contributed by atoms with Crippen LogP contribution >= 0.6 is 24.8 Å². The fourth-order valence-corrected chi connectivity index (χ4v) is 0.794. The van der Waals surface area contributed by atoms with Crippen LogP contribution in [-0.4, -0.2) is 18.2 Å². The van der Waals surface area contributed by atoms with Crippen molar-refractivity contribution in [2.45, 2.75) is 12.8 Å². The first-order valence-corrected chi connectivity index (χ1v) is 2.55. The zero-order valence-corrected chi connectivity index (χ0v) is 6.71. The molecule has 0 unspecified atom stereocenters. The van der Waals surface area contributed by atoms with Gasteiger partial charge in [0.15, 0.2) is 0 Å². The molecule has 1 aliphatic rings. The topological polar surface area (TPSA) is 38.5 Å². The lowest BCUT2D eigenvalue weighted by atomic mass is 10.4. The second-order valence-electron chi connectivity index (χ2n) is 1.74. The standard InChI is InChI=1S/C4H10N2O.2ClH/c5-7-6-3-1-2-4-6;;/h1-5H2;2*1H. The molecule has 1 heterocycles. The molecule has 0 bridgehead atoms. The van der Waals surface area contributed by atoms with Crippen LogP contribution < -0.4 is 5.90 Å². The van der Waals surface area contributed by atoms with E-state index in [-0.39, 0.29) is 24.8 Å². The normalized spacial score (nSPS) is 18.3. The molecule has 1 saturated heterocycles. The average Bonchev–Trinajstić information content (AvgIpc) is 2.14. The van der Waals surface area contributed by atoms with Crippen molar-refractivity contribution in [3.63, 3.8) is 0 Å². The van der Waals surface area contributed by atoms with Gasteiger partial charge in [0.2, 0.25) is 0 Å². The third-order valence-corrected chi connectivity index (χ3v) is 1.21. The molecule has 9 heavy (non-hydrogen) atoms. The fraction of sp³-hybridized carbons (Fsp3) is 1.00. The number of hydroxylamine groups is 2. The molecule has 0 aromatic rings. The highest BCUT2D eigenvalue weighted by Gasteiger charge is 2.09. The Kier molecular flexibility index (Phi) is 8.89. The summed E-state index contributed by atoms with van der Waals surface area (Å²) >= 11 is 0. The van der Waals surface area contributed by atoms with Gasteiger partial charge in [0, 0.05) is 13.1 Å². The van der Waals surface area contributed by atoms with Crippen LogP contribution in [-0.2, 0) is 4.94 Å². The smallest absolute Gasteiger partial charge is 0.0260 e. The van der Waals surface area contributed by atoms with Gasteiger partial charge in [0.25, 0.3) is 0 Å². The van der Waals surface area contributed by atoms with Gasteiger partial charge in [-0.1, -0.05) is 0 Å². The summed E-state index contributed by atoms with van der Waals surface area (Å²) in [5, 5.41) is 1.76. The molecule has 1 fully saturated rings. The van der Waals surface area contributed by atoms with Crippen LogP contribution in [0.1, 0.15) is 12.8 Å². The summed E-state index contributed by atoms with van der Waals surface area (Å²) in [7, 11) is 0. The van der Waals surface area contributed by atoms with E-state index in [1.165, 1.54) is 12.8 Å². The Morgan fingerprint density at radius 1 is 1.11 bits per heavy atom. The summed E-state index contributed by atoms with van der Waals surface area (Å²) < 4.78 is 0. The van der Waals surface area contributed by atoms with E-state index in [1.54, 1.807) is 5.06 Å². The van der Waals surface area contributed by atoms with Gasteiger partial charge >= 0.3 is 0 Å². The Morgan fingerprint density at radius 2 is 1.56 bits per heavy atom. The average molecular weight is 175 g/mol. The molecule has 0 saturated carbocycles. The van der Waals surface area contributed by atoms with Crippen molar-refractivity contribution < 1.29 is 4.94 Å². The largest absolute Gasteiger partial charge is 0.214 e. The highest BCUT2D eigenvalue weighted by molar-refractivity contribution is 5.85. The van der Waals surface area contributed by atoms with Crippen molar-refractivity contribution in [2.75, 3.05) is 13.1 Å². The Bertz CT molecular complexity index is 58.5. The van der Waals surface area contributed by atoms with E-state index < -0.39 is 0 Å². The van der Waals surface area contributed by atoms with E-state index >= 15 is 0 Å². The van der Waals surface area contributed by atoms with Crippen LogP contribution in [0.25, 0.3) is 0 Å². The summed E-state index contributed by atoms with van der Waals surface area (Å²) in [4.78, 5) is 4.44. The van der Waals surface area contributed by atoms with Gasteiger partial charge in [-0.15, -0.1) is 24.8 Å². The molecular formula is C4H12Cl2N2O. The summed E-state index contributed by atoms with van der Waals surface area (Å²) in [6.45, 7) is 1.99. The first kappa shape index (κ1) is 12.2. The quantitative estimate of drug-likeness (QED) is 0.597. The van der Waals surface area contributed by atoms with Gasteiger partial charge in [0.05, 0.1) is 0 Å². The summed E-state index contributed by atoms with van der Waals surface area (Å²) in [5.74, 6) is 4.86. The van der Waals surface area contributed by atoms with Crippen molar-refractivity contribution >= 4 is 24.8 Å². The maximum absolute atomic E-state index is 4.86. The van der Waals surface area contributed by atoms with Crippen LogP contribution in [0.5, 0.6) is 0 Å². The molecular weight excluding hydrogens is 163 g/mol. The monoisotopic (exact) mass is 174 g/mol. The summed E-state index contributed by atoms with van der Waals surface area (Å²) in [6.07, 6.45) is 2.44. The van der Waals surface area contributed by atoms with E-state index in [9.17, 15) is 0 Å². The maximum atomic E-state index is 4.86. The molecule has 2 N–H and O–H groups in total. The molecule has 0 spiro atoms. The molecule has 0 atom stereocenters. The second kappa shape index (κ2) is 6.58. The zero-order valence-electron chi connectivity index (χ0n) is 5.08. The molecule has 0 aliphatic carbocycles. The zero-order chi connectivity index (χ0) is 5.11. The van der Waals surface area contributed by atoms with Crippen molar-refractivity contribution in [3.8, 4) is 0 Å². The Balaban J connectivity index is 0. The lowest BCUT2D eigenvalue weighted by Crippen LogP contribution is -2.23. The first-order chi connectivity index (χ1) is 3.43. The van der Waals surface area contributed by atoms with E-state index in [1.807, 2.05) is 0 Å². The number of rotatable bonds is 1. The third-order valence-electron chi connectivity index (χ3n) is 1.21. The Labute approximate surface area is 67.3 Å². The molecule has 0 amide bonds. The molecule has 0 aromatic carbocycles. The molecule has 0 aromatic heterocycles. The molecule has 1 aliphatic heterocycles. The number of halogens is 2. The SMILES string of the molecule is Cl.Cl.NON1CCCC1. The highest BCUT2D eigenvalue weighted by Crippen LogP contribution is 2.04. The summed E-state index contributed by atoms with van der Waals surface area (Å²) in [6, 6.07) is 0. The number of nitrogens with two attached hydrogens (primary N) is 1. The van der Waals surface area contributed by atoms with E-state index in [0.29, 0.717) is 0 Å². The molecule has 0 radical (unpaired) electrons. The first-order valence-electron chi connectivity index (χ1n) is 2.55. The van der Waals surface area contributed by atoms with E-state index in [0.717, 1.165) is 13.1 Å². The van der Waals surface area contributed by atoms with Crippen LogP contribution in [0.2, 0.25) is 0 Å². The predicted molar refractivity (Wildman–Crippen MR) is 40.6 cm³/mol. The number of hydrogen-bond acceptors (Lipinski definition) is 3. The molecule has 5 heteroatoms. The highest BCUT2D eigenvalue weighted by atomic mass is 35.5. The van der Waals surface area contributed by atoms with Gasteiger partial charge in [0.1, 0.15) is 0 Å². The van der Waals surface area contributed by atoms with Crippen molar-refractivity contribution in [2.24, 2.45) is 5.90 Å². The number of nitrogens with zero attached hydrogens (tertiary/aromatic N) is 1. The minimum absolute atomic E-state index is 0. The third kappa shape index (κ3) is 3.95. The van der Waals surface area contributed by atoms with Gasteiger partial charge in [-0.25, -0.2) is 4.94 Å². The van der Waals surface area contributed by atoms with Crippen LogP contribution in [0.4, 0.5) is 0 Å². The van der Waals surface area contributed by atoms with Gasteiger partial charge in [-0.05, 0) is 12.8 Å². The molecule has 3 nitrogen and oxygen atoms in total. The van der Waals surface area contributed by atoms with Crippen molar-refractivity contribution in [1.29, 1.82) is 0 Å². The van der Waals surface area contributed by atoms with Gasteiger partial charge in [-0.3, -0.25) is 0 Å². The lowest BCUT2D eigenvalue weighted by Gasteiger charge is -2.06. The van der Waals surface area contributed by atoms with E-state index in [2.05, 4.69) is 4.94 Å². The second-order valence-corrected chi connectivity index (χ2v) is 1.74. The van der Waals surface area contributed by atoms with Crippen LogP contribution in [0.15, 0.2) is 0 Å². The fourth-order valence-electron chi connectivity index (χ4n) is 0.794. The molecule has 58 valence electrons. The molecule has 1 rings (SSSR count). The maximum Gasteiger partial charge on any atom is 0.0260 e. The van der Waals surface area contributed by atoms with Gasteiger partial charge in [-0.2, -0.15) is 11.0 Å². The van der Waals surface area contributed by atoms with E-state index in [4.69, 9.17) is 5.90 Å². The minimum Gasteiger partial charge on any atom is -0.214 e. The lowest BCUT2D eigenvalue weighted by molar-refractivity contribution is -0.146. The van der Waals surface area contributed by atoms with Crippen LogP contribution in [0, 0.1) is 0 Å². The Morgan fingerprint density at radius 3 is 1.78 bits per heavy atom. The van der Waals surface area contributed by atoms with Crippen molar-refractivity contribution in [3.05, 3.63) is 0 Å². The van der Waals surface area contributed by atoms with Gasteiger partial charge < -0.3 is 0 Å². The predicted octanol–water partition coefficient (Wildman–Crippen LogP) is 0.731. The minimum atomic E-state index is 0. The Hall–Kier alpha value is 0.460. The number of hydrogen-bond donors (Lipinski definition) is 1. The van der Waals surface area contributed by atoms with Crippen molar-refractivity contribution in [1.82, 2.24) is 5.06 Å².